The Morgan fingerprint density at radius 3 is 2.24 bits per heavy atom. The number of nitrogens with one attached hydrogen (secondary N) is 3. The molecule has 25 heavy (non-hydrogen) atoms. The number of carbonyl (C=O) groups is 2. The average molecular weight is 367 g/mol. The van der Waals surface area contributed by atoms with Gasteiger partial charge in [0.25, 0.3) is 11.8 Å². The Balaban J connectivity index is 2.26. The minimum Gasteiger partial charge on any atom is -0.350 e. The van der Waals surface area contributed by atoms with E-state index in [-0.39, 0.29) is 17.4 Å². The Bertz CT molecular complexity index is 553. The third-order valence-corrected chi connectivity index (χ3v) is 4.56. The van der Waals surface area contributed by atoms with Gasteiger partial charge in [0.05, 0.1) is 6.54 Å². The molecule has 0 aromatic heterocycles. The quantitative estimate of drug-likeness (QED) is 0.452. The second-order valence-corrected chi connectivity index (χ2v) is 8.44. The zero-order valence-electron chi connectivity index (χ0n) is 16.1. The number of quaternary nitrogens is 1. The van der Waals surface area contributed by atoms with Crippen LogP contribution in [0, 0.1) is 6.92 Å². The Labute approximate surface area is 155 Å². The number of likely N-dealkylation sites (N-methyl/N-ethyl adjacent to an activating group) is 1. The van der Waals surface area contributed by atoms with Gasteiger partial charge in [-0.2, -0.15) is 0 Å². The molecule has 1 aromatic carbocycles. The summed E-state index contributed by atoms with van der Waals surface area (Å²) in [4.78, 5) is 26.2. The summed E-state index contributed by atoms with van der Waals surface area (Å²) in [6.07, 6.45) is 0. The fourth-order valence-electron chi connectivity index (χ4n) is 2.29. The lowest BCUT2D eigenvalue weighted by Gasteiger charge is -2.23. The minimum atomic E-state index is -0.245. The molecule has 0 fully saturated rings. The van der Waals surface area contributed by atoms with Crippen LogP contribution < -0.4 is 15.5 Å². The van der Waals surface area contributed by atoms with E-state index in [1.807, 2.05) is 27.7 Å². The van der Waals surface area contributed by atoms with Gasteiger partial charge in [-0.15, -0.1) is 11.8 Å². The molecule has 0 aliphatic heterocycles. The van der Waals surface area contributed by atoms with Gasteiger partial charge in [-0.25, -0.2) is 0 Å². The lowest BCUT2D eigenvalue weighted by molar-refractivity contribution is -0.881. The number of amides is 2. The van der Waals surface area contributed by atoms with Gasteiger partial charge in [0, 0.05) is 22.7 Å². The van der Waals surface area contributed by atoms with Crippen molar-refractivity contribution in [1.29, 1.82) is 0 Å². The molecule has 6 heteroatoms. The molecule has 0 heterocycles. The third-order valence-electron chi connectivity index (χ3n) is 3.55. The van der Waals surface area contributed by atoms with Crippen LogP contribution in [0.2, 0.25) is 0 Å². The topological polar surface area (TPSA) is 62.6 Å². The van der Waals surface area contributed by atoms with Gasteiger partial charge in [0.1, 0.15) is 0 Å². The van der Waals surface area contributed by atoms with Gasteiger partial charge in [0.15, 0.2) is 13.1 Å². The van der Waals surface area contributed by atoms with E-state index in [4.69, 9.17) is 0 Å². The average Bonchev–Trinajstić information content (AvgIpc) is 2.50. The summed E-state index contributed by atoms with van der Waals surface area (Å²) < 4.78 is 0. The summed E-state index contributed by atoms with van der Waals surface area (Å²) in [7, 11) is 0. The van der Waals surface area contributed by atoms with Crippen LogP contribution in [-0.2, 0) is 9.59 Å². The molecule has 0 radical (unpaired) electrons. The summed E-state index contributed by atoms with van der Waals surface area (Å²) in [5.74, 6) is 0.804. The molecule has 0 aliphatic carbocycles. The van der Waals surface area contributed by atoms with Crippen LogP contribution in [0.15, 0.2) is 29.2 Å². The molecule has 0 spiro atoms. The standard InChI is InChI=1S/C19H31N3O2S/c1-6-22(14-18(24)21-19(3,4)5)13-17(23)20-11-12-25-16-9-7-15(2)8-10-16/h7-10H,6,11-14H2,1-5H3,(H,20,23)(H,21,24)/p+1. The largest absolute Gasteiger partial charge is 0.350 e. The van der Waals surface area contributed by atoms with E-state index in [1.165, 1.54) is 10.5 Å². The minimum absolute atomic E-state index is 0.00934. The molecule has 1 unspecified atom stereocenters. The van der Waals surface area contributed by atoms with Crippen molar-refractivity contribution < 1.29 is 14.5 Å². The lowest BCUT2D eigenvalue weighted by Crippen LogP contribution is -3.14. The Kier molecular flexibility index (Phi) is 9.00. The Morgan fingerprint density at radius 1 is 1.08 bits per heavy atom. The van der Waals surface area contributed by atoms with E-state index in [9.17, 15) is 9.59 Å². The molecule has 0 aliphatic rings. The highest BCUT2D eigenvalue weighted by atomic mass is 32.2. The number of hydrogen-bond donors (Lipinski definition) is 3. The smallest absolute Gasteiger partial charge is 0.275 e. The van der Waals surface area contributed by atoms with Crippen LogP contribution >= 0.6 is 11.8 Å². The monoisotopic (exact) mass is 366 g/mol. The van der Waals surface area contributed by atoms with E-state index >= 15 is 0 Å². The van der Waals surface area contributed by atoms with Crippen LogP contribution in [0.3, 0.4) is 0 Å². The van der Waals surface area contributed by atoms with Crippen LogP contribution in [0.25, 0.3) is 0 Å². The molecule has 0 bridgehead atoms. The van der Waals surface area contributed by atoms with Gasteiger partial charge in [-0.3, -0.25) is 9.59 Å². The highest BCUT2D eigenvalue weighted by Gasteiger charge is 2.20. The third kappa shape index (κ3) is 10.1. The van der Waals surface area contributed by atoms with Crippen LogP contribution in [-0.4, -0.2) is 49.3 Å². The predicted molar refractivity (Wildman–Crippen MR) is 104 cm³/mol. The number of hydrogen-bond acceptors (Lipinski definition) is 3. The summed E-state index contributed by atoms with van der Waals surface area (Å²) in [5.41, 5.74) is 1.00. The first kappa shape index (κ1) is 21.5. The number of rotatable bonds is 9. The maximum Gasteiger partial charge on any atom is 0.275 e. The summed E-state index contributed by atoms with van der Waals surface area (Å²) in [6.45, 7) is 11.9. The van der Waals surface area contributed by atoms with Crippen molar-refractivity contribution in [3.05, 3.63) is 29.8 Å². The zero-order chi connectivity index (χ0) is 18.9. The maximum atomic E-state index is 12.1. The van der Waals surface area contributed by atoms with Crippen molar-refractivity contribution in [2.75, 3.05) is 31.9 Å². The van der Waals surface area contributed by atoms with Gasteiger partial charge in [-0.05, 0) is 46.8 Å². The molecule has 0 saturated heterocycles. The van der Waals surface area contributed by atoms with E-state index < -0.39 is 0 Å². The predicted octanol–water partition coefficient (Wildman–Crippen LogP) is 1.02. The molecule has 1 aromatic rings. The molecule has 5 nitrogen and oxygen atoms in total. The van der Waals surface area contributed by atoms with Crippen molar-refractivity contribution in [2.24, 2.45) is 0 Å². The molecule has 1 rings (SSSR count). The van der Waals surface area contributed by atoms with E-state index in [0.29, 0.717) is 19.6 Å². The van der Waals surface area contributed by atoms with Crippen LogP contribution in [0.4, 0.5) is 0 Å². The first-order valence-corrected chi connectivity index (χ1v) is 9.79. The lowest BCUT2D eigenvalue weighted by atomic mass is 10.1. The molecule has 1 atom stereocenters. The Morgan fingerprint density at radius 2 is 1.68 bits per heavy atom. The molecule has 140 valence electrons. The van der Waals surface area contributed by atoms with Crippen LogP contribution in [0.5, 0.6) is 0 Å². The van der Waals surface area contributed by atoms with Crippen molar-refractivity contribution in [1.82, 2.24) is 10.6 Å². The van der Waals surface area contributed by atoms with E-state index in [1.54, 1.807) is 11.8 Å². The van der Waals surface area contributed by atoms with Crippen molar-refractivity contribution in [3.8, 4) is 0 Å². The van der Waals surface area contributed by atoms with Crippen molar-refractivity contribution >= 4 is 23.6 Å². The van der Waals surface area contributed by atoms with Crippen molar-refractivity contribution in [2.45, 2.75) is 45.1 Å². The summed E-state index contributed by atoms with van der Waals surface area (Å²) in [6, 6.07) is 8.37. The second-order valence-electron chi connectivity index (χ2n) is 7.27. The molecule has 2 amide bonds. The first-order valence-electron chi connectivity index (χ1n) is 8.80. The highest BCUT2D eigenvalue weighted by molar-refractivity contribution is 7.99. The Hall–Kier alpha value is -1.53. The summed E-state index contributed by atoms with van der Waals surface area (Å²) in [5, 5.41) is 5.88. The maximum absolute atomic E-state index is 12.1. The zero-order valence-corrected chi connectivity index (χ0v) is 16.9. The molecular weight excluding hydrogens is 334 g/mol. The molecular formula is C19H32N3O2S+. The first-order chi connectivity index (χ1) is 11.7. The second kappa shape index (κ2) is 10.5. The number of thioether (sulfide) groups is 1. The van der Waals surface area contributed by atoms with Gasteiger partial charge in [-0.1, -0.05) is 17.7 Å². The van der Waals surface area contributed by atoms with E-state index in [2.05, 4.69) is 41.8 Å². The van der Waals surface area contributed by atoms with Gasteiger partial charge >= 0.3 is 0 Å². The van der Waals surface area contributed by atoms with E-state index in [0.717, 1.165) is 17.2 Å². The van der Waals surface area contributed by atoms with Crippen LogP contribution in [0.1, 0.15) is 33.3 Å². The highest BCUT2D eigenvalue weighted by Crippen LogP contribution is 2.17. The fraction of sp³-hybridized carbons (Fsp3) is 0.579. The summed E-state index contributed by atoms with van der Waals surface area (Å²) >= 11 is 1.73. The molecule has 3 N–H and O–H groups in total. The SMILES string of the molecule is CC[NH+](CC(=O)NCCSc1ccc(C)cc1)CC(=O)NC(C)(C)C. The van der Waals surface area contributed by atoms with Gasteiger partial charge < -0.3 is 15.5 Å². The van der Waals surface area contributed by atoms with Gasteiger partial charge in [0.2, 0.25) is 0 Å². The number of benzene rings is 1. The fourth-order valence-corrected chi connectivity index (χ4v) is 3.05. The normalized spacial score (nSPS) is 12.5. The van der Waals surface area contributed by atoms with Crippen molar-refractivity contribution in [3.63, 3.8) is 0 Å². The molecule has 0 saturated carbocycles. The number of aryl methyl sites for hydroxylation is 1. The number of carbonyl (C=O) groups excluding carboxylic acids is 2.